The minimum atomic E-state index is -4.71. The SMILES string of the molecule is CC(C)CC(Br)CNS(=O)(=O)c1ccccc1C(F)(F)F. The van der Waals surface area contributed by atoms with E-state index >= 15 is 0 Å². The van der Waals surface area contributed by atoms with E-state index in [1.807, 2.05) is 13.8 Å². The molecule has 1 atom stereocenters. The summed E-state index contributed by atoms with van der Waals surface area (Å²) in [7, 11) is -4.20. The van der Waals surface area contributed by atoms with Crippen LogP contribution in [0.25, 0.3) is 0 Å². The predicted octanol–water partition coefficient (Wildman–Crippen LogP) is 3.79. The van der Waals surface area contributed by atoms with Crippen LogP contribution in [0.15, 0.2) is 29.2 Å². The van der Waals surface area contributed by atoms with Gasteiger partial charge in [0.25, 0.3) is 0 Å². The van der Waals surface area contributed by atoms with Gasteiger partial charge >= 0.3 is 6.18 Å². The Labute approximate surface area is 131 Å². The summed E-state index contributed by atoms with van der Waals surface area (Å²) in [4.78, 5) is -0.882. The molecule has 0 amide bonds. The highest BCUT2D eigenvalue weighted by molar-refractivity contribution is 9.09. The van der Waals surface area contributed by atoms with Crippen LogP contribution in [-0.2, 0) is 16.2 Å². The Morgan fingerprint density at radius 1 is 1.24 bits per heavy atom. The number of hydrogen-bond donors (Lipinski definition) is 1. The van der Waals surface area contributed by atoms with Crippen LogP contribution in [0.2, 0.25) is 0 Å². The van der Waals surface area contributed by atoms with Crippen LogP contribution in [0.1, 0.15) is 25.8 Å². The van der Waals surface area contributed by atoms with Crippen molar-refractivity contribution in [3.8, 4) is 0 Å². The largest absolute Gasteiger partial charge is 0.417 e. The number of halogens is 4. The van der Waals surface area contributed by atoms with Crippen LogP contribution in [0.3, 0.4) is 0 Å². The third-order valence-electron chi connectivity index (χ3n) is 2.70. The molecule has 1 N–H and O–H groups in total. The van der Waals surface area contributed by atoms with Crippen molar-refractivity contribution in [1.29, 1.82) is 0 Å². The van der Waals surface area contributed by atoms with E-state index in [0.29, 0.717) is 12.3 Å². The smallest absolute Gasteiger partial charge is 0.210 e. The number of nitrogens with one attached hydrogen (secondary N) is 1. The molecular formula is C13H17BrF3NO2S. The van der Waals surface area contributed by atoms with Gasteiger partial charge in [-0.25, -0.2) is 13.1 Å². The molecule has 0 fully saturated rings. The Bertz CT molecular complexity index is 573. The number of rotatable bonds is 6. The molecule has 8 heteroatoms. The fraction of sp³-hybridized carbons (Fsp3) is 0.538. The molecule has 120 valence electrons. The van der Waals surface area contributed by atoms with Gasteiger partial charge in [-0.1, -0.05) is 41.9 Å². The Morgan fingerprint density at radius 3 is 2.33 bits per heavy atom. The van der Waals surface area contributed by atoms with Crippen molar-refractivity contribution in [3.05, 3.63) is 29.8 Å². The summed E-state index contributed by atoms with van der Waals surface area (Å²) >= 11 is 3.31. The summed E-state index contributed by atoms with van der Waals surface area (Å²) in [6.07, 6.45) is -4.00. The molecule has 0 saturated carbocycles. The van der Waals surface area contributed by atoms with Crippen molar-refractivity contribution in [2.75, 3.05) is 6.54 Å². The van der Waals surface area contributed by atoms with E-state index in [2.05, 4.69) is 20.7 Å². The van der Waals surface area contributed by atoms with E-state index < -0.39 is 26.7 Å². The minimum Gasteiger partial charge on any atom is -0.210 e. The van der Waals surface area contributed by atoms with Gasteiger partial charge in [-0.3, -0.25) is 0 Å². The highest BCUT2D eigenvalue weighted by Gasteiger charge is 2.36. The maximum absolute atomic E-state index is 12.8. The third kappa shape index (κ3) is 5.60. The van der Waals surface area contributed by atoms with Gasteiger partial charge < -0.3 is 0 Å². The van der Waals surface area contributed by atoms with Gasteiger partial charge in [0.05, 0.1) is 10.5 Å². The summed E-state index contributed by atoms with van der Waals surface area (Å²) in [6.45, 7) is 3.98. The molecule has 0 aliphatic rings. The first kappa shape index (κ1) is 18.4. The van der Waals surface area contributed by atoms with Gasteiger partial charge in [-0.05, 0) is 24.5 Å². The second kappa shape index (κ2) is 7.11. The fourth-order valence-electron chi connectivity index (χ4n) is 1.81. The third-order valence-corrected chi connectivity index (χ3v) is 4.88. The number of alkyl halides is 4. The topological polar surface area (TPSA) is 46.2 Å². The standard InChI is InChI=1S/C13H17BrF3NO2S/c1-9(2)7-10(14)8-18-21(19,20)12-6-4-3-5-11(12)13(15,16)17/h3-6,9-10,18H,7-8H2,1-2H3. The van der Waals surface area contributed by atoms with Crippen molar-refractivity contribution >= 4 is 26.0 Å². The first-order chi connectivity index (χ1) is 9.54. The molecule has 0 heterocycles. The zero-order chi connectivity index (χ0) is 16.3. The van der Waals surface area contributed by atoms with Gasteiger partial charge in [-0.2, -0.15) is 13.2 Å². The first-order valence-electron chi connectivity index (χ1n) is 6.34. The number of sulfonamides is 1. The van der Waals surface area contributed by atoms with Crippen molar-refractivity contribution < 1.29 is 21.6 Å². The zero-order valence-electron chi connectivity index (χ0n) is 11.6. The van der Waals surface area contributed by atoms with E-state index in [9.17, 15) is 21.6 Å². The Hall–Kier alpha value is -0.600. The fourth-order valence-corrected chi connectivity index (χ4v) is 4.24. The van der Waals surface area contributed by atoms with Crippen LogP contribution < -0.4 is 4.72 Å². The molecule has 0 spiro atoms. The summed E-state index contributed by atoms with van der Waals surface area (Å²) in [5.41, 5.74) is -1.16. The van der Waals surface area contributed by atoms with Gasteiger partial charge in [0.2, 0.25) is 10.0 Å². The van der Waals surface area contributed by atoms with Gasteiger partial charge in [0.15, 0.2) is 0 Å². The van der Waals surface area contributed by atoms with E-state index in [1.165, 1.54) is 6.07 Å². The maximum atomic E-state index is 12.8. The second-order valence-corrected chi connectivity index (χ2v) is 8.10. The van der Waals surface area contributed by atoms with E-state index in [4.69, 9.17) is 0 Å². The van der Waals surface area contributed by atoms with Crippen LogP contribution in [0, 0.1) is 5.92 Å². The molecule has 0 aromatic heterocycles. The van der Waals surface area contributed by atoms with Crippen LogP contribution in [0.5, 0.6) is 0 Å². The number of benzene rings is 1. The van der Waals surface area contributed by atoms with Crippen LogP contribution in [-0.4, -0.2) is 19.8 Å². The minimum absolute atomic E-state index is 0.0344. The molecule has 0 aliphatic carbocycles. The lowest BCUT2D eigenvalue weighted by Crippen LogP contribution is -2.31. The van der Waals surface area contributed by atoms with Gasteiger partial charge in [0.1, 0.15) is 0 Å². The first-order valence-corrected chi connectivity index (χ1v) is 8.74. The summed E-state index contributed by atoms with van der Waals surface area (Å²) in [5, 5.41) is 0. The molecule has 1 rings (SSSR count). The zero-order valence-corrected chi connectivity index (χ0v) is 14.0. The average molecular weight is 388 g/mol. The molecule has 1 aromatic rings. The monoisotopic (exact) mass is 387 g/mol. The Balaban J connectivity index is 2.94. The molecule has 1 unspecified atom stereocenters. The van der Waals surface area contributed by atoms with Crippen LogP contribution >= 0.6 is 15.9 Å². The van der Waals surface area contributed by atoms with Gasteiger partial charge in [-0.15, -0.1) is 0 Å². The average Bonchev–Trinajstić information content (AvgIpc) is 2.35. The maximum Gasteiger partial charge on any atom is 0.417 e. The van der Waals surface area contributed by atoms with Crippen molar-refractivity contribution in [2.24, 2.45) is 5.92 Å². The van der Waals surface area contributed by atoms with Crippen molar-refractivity contribution in [1.82, 2.24) is 4.72 Å². The lowest BCUT2D eigenvalue weighted by atomic mass is 10.1. The van der Waals surface area contributed by atoms with Crippen LogP contribution in [0.4, 0.5) is 13.2 Å². The molecule has 0 radical (unpaired) electrons. The van der Waals surface area contributed by atoms with E-state index in [-0.39, 0.29) is 11.4 Å². The molecule has 1 aromatic carbocycles. The van der Waals surface area contributed by atoms with E-state index in [1.54, 1.807) is 0 Å². The normalized spacial score (nSPS) is 14.4. The molecule has 21 heavy (non-hydrogen) atoms. The van der Waals surface area contributed by atoms with Gasteiger partial charge in [0, 0.05) is 11.4 Å². The summed E-state index contributed by atoms with van der Waals surface area (Å²) in [5.74, 6) is 0.348. The van der Waals surface area contributed by atoms with Crippen molar-refractivity contribution in [3.63, 3.8) is 0 Å². The lowest BCUT2D eigenvalue weighted by molar-refractivity contribution is -0.139. The van der Waals surface area contributed by atoms with E-state index in [0.717, 1.165) is 18.2 Å². The molecule has 0 aliphatic heterocycles. The highest BCUT2D eigenvalue weighted by Crippen LogP contribution is 2.33. The molecule has 0 bridgehead atoms. The van der Waals surface area contributed by atoms with Crippen molar-refractivity contribution in [2.45, 2.75) is 36.2 Å². The summed E-state index contributed by atoms with van der Waals surface area (Å²) < 4.78 is 64.9. The predicted molar refractivity (Wildman–Crippen MR) is 78.8 cm³/mol. The quantitative estimate of drug-likeness (QED) is 0.754. The molecule has 3 nitrogen and oxygen atoms in total. The second-order valence-electron chi connectivity index (χ2n) is 5.07. The molecular weight excluding hydrogens is 371 g/mol. The highest BCUT2D eigenvalue weighted by atomic mass is 79.9. The lowest BCUT2D eigenvalue weighted by Gasteiger charge is -2.16. The number of hydrogen-bond acceptors (Lipinski definition) is 2. The Kier molecular flexibility index (Phi) is 6.24. The molecule has 0 saturated heterocycles. The Morgan fingerprint density at radius 2 is 1.81 bits per heavy atom. The summed E-state index contributed by atoms with van der Waals surface area (Å²) in [6, 6.07) is 4.14.